The van der Waals surface area contributed by atoms with E-state index in [0.29, 0.717) is 4.90 Å². The first-order valence-corrected chi connectivity index (χ1v) is 8.20. The molecule has 1 heterocycles. The molecule has 0 aromatic heterocycles. The molecule has 0 unspecified atom stereocenters. The molecule has 0 saturated heterocycles. The van der Waals surface area contributed by atoms with Gasteiger partial charge in [-0.1, -0.05) is 12.1 Å². The van der Waals surface area contributed by atoms with Crippen molar-refractivity contribution in [1.29, 1.82) is 0 Å². The molecule has 1 aliphatic heterocycles. The van der Waals surface area contributed by atoms with E-state index in [-0.39, 0.29) is 28.8 Å². The first kappa shape index (κ1) is 20.8. The van der Waals surface area contributed by atoms with Crippen molar-refractivity contribution < 1.29 is 38.2 Å². The van der Waals surface area contributed by atoms with Gasteiger partial charge in [0, 0.05) is 0 Å². The van der Waals surface area contributed by atoms with E-state index in [0.717, 1.165) is 21.3 Å². The number of amides is 2. The Kier molecular flexibility index (Phi) is 6.29. The Morgan fingerprint density at radius 3 is 1.75 bits per heavy atom. The standard InChI is InChI=1S/C19H19NO8/c1-10(9-13(17(23)26-2)18(24)27-3)14(19(25)28-4)20-15(21)11-7-5-6-8-12(11)16(20)22/h5-8,13H,9H2,1-4H3/b14-10+. The lowest BCUT2D eigenvalue weighted by Crippen LogP contribution is -2.35. The number of benzene rings is 1. The highest BCUT2D eigenvalue weighted by atomic mass is 16.5. The summed E-state index contributed by atoms with van der Waals surface area (Å²) in [6.07, 6.45) is -0.308. The average Bonchev–Trinajstić information content (AvgIpc) is 2.96. The molecule has 0 fully saturated rings. The molecule has 9 heteroatoms. The molecule has 2 rings (SSSR count). The monoisotopic (exact) mass is 389 g/mol. The molecule has 0 saturated carbocycles. The number of allylic oxidation sites excluding steroid dienone is 1. The number of carbonyl (C=O) groups is 5. The van der Waals surface area contributed by atoms with Gasteiger partial charge in [-0.25, -0.2) is 9.69 Å². The maximum Gasteiger partial charge on any atom is 0.355 e. The molecule has 148 valence electrons. The minimum Gasteiger partial charge on any atom is -0.468 e. The summed E-state index contributed by atoms with van der Waals surface area (Å²) >= 11 is 0. The van der Waals surface area contributed by atoms with Gasteiger partial charge in [0.2, 0.25) is 0 Å². The number of ether oxygens (including phenoxy) is 3. The number of rotatable bonds is 6. The van der Waals surface area contributed by atoms with Crippen molar-refractivity contribution in [1.82, 2.24) is 4.90 Å². The van der Waals surface area contributed by atoms with Crippen LogP contribution in [0.4, 0.5) is 0 Å². The fourth-order valence-corrected chi connectivity index (χ4v) is 2.90. The van der Waals surface area contributed by atoms with E-state index in [9.17, 15) is 24.0 Å². The first-order valence-electron chi connectivity index (χ1n) is 8.20. The molecule has 1 aliphatic rings. The third-order valence-electron chi connectivity index (χ3n) is 4.28. The summed E-state index contributed by atoms with van der Waals surface area (Å²) in [5, 5.41) is 0. The third kappa shape index (κ3) is 3.64. The summed E-state index contributed by atoms with van der Waals surface area (Å²) in [6, 6.07) is 6.11. The van der Waals surface area contributed by atoms with Crippen molar-refractivity contribution in [3.63, 3.8) is 0 Å². The number of nitrogens with zero attached hydrogens (tertiary/aromatic N) is 1. The summed E-state index contributed by atoms with van der Waals surface area (Å²) in [6.45, 7) is 1.41. The number of imide groups is 1. The number of hydrogen-bond acceptors (Lipinski definition) is 8. The topological polar surface area (TPSA) is 116 Å². The molecule has 28 heavy (non-hydrogen) atoms. The van der Waals surface area contributed by atoms with Crippen LogP contribution in [0.15, 0.2) is 35.5 Å². The van der Waals surface area contributed by atoms with Crippen LogP contribution in [0.2, 0.25) is 0 Å². The molecule has 0 spiro atoms. The van der Waals surface area contributed by atoms with Crippen LogP contribution in [0.25, 0.3) is 0 Å². The normalized spacial score (nSPS) is 13.8. The highest BCUT2D eigenvalue weighted by Gasteiger charge is 2.42. The highest BCUT2D eigenvalue weighted by molar-refractivity contribution is 6.24. The average molecular weight is 389 g/mol. The Hall–Kier alpha value is -3.49. The van der Waals surface area contributed by atoms with Crippen molar-refractivity contribution in [2.24, 2.45) is 5.92 Å². The van der Waals surface area contributed by atoms with Gasteiger partial charge in [-0.05, 0) is 31.1 Å². The summed E-state index contributed by atoms with van der Waals surface area (Å²) in [4.78, 5) is 62.4. The van der Waals surface area contributed by atoms with Gasteiger partial charge in [0.15, 0.2) is 5.92 Å². The molecular weight excluding hydrogens is 370 g/mol. The summed E-state index contributed by atoms with van der Waals surface area (Å²) in [5.74, 6) is -5.48. The fraction of sp³-hybridized carbons (Fsp3) is 0.316. The maximum absolute atomic E-state index is 12.7. The van der Waals surface area contributed by atoms with Gasteiger partial charge in [-0.3, -0.25) is 19.2 Å². The fourth-order valence-electron chi connectivity index (χ4n) is 2.90. The molecule has 0 N–H and O–H groups in total. The smallest absolute Gasteiger partial charge is 0.355 e. The summed E-state index contributed by atoms with van der Waals surface area (Å²) < 4.78 is 13.9. The number of methoxy groups -OCH3 is 3. The predicted molar refractivity (Wildman–Crippen MR) is 93.8 cm³/mol. The van der Waals surface area contributed by atoms with E-state index in [1.807, 2.05) is 0 Å². The van der Waals surface area contributed by atoms with Crippen LogP contribution in [0.5, 0.6) is 0 Å². The van der Waals surface area contributed by atoms with Crippen molar-refractivity contribution in [2.45, 2.75) is 13.3 Å². The largest absolute Gasteiger partial charge is 0.468 e. The van der Waals surface area contributed by atoms with Gasteiger partial charge < -0.3 is 14.2 Å². The molecule has 2 amide bonds. The van der Waals surface area contributed by atoms with E-state index in [2.05, 4.69) is 9.47 Å². The van der Waals surface area contributed by atoms with Gasteiger partial charge in [0.1, 0.15) is 5.70 Å². The van der Waals surface area contributed by atoms with Crippen LogP contribution in [0.1, 0.15) is 34.1 Å². The lowest BCUT2D eigenvalue weighted by molar-refractivity contribution is -0.158. The SMILES string of the molecule is COC(=O)/C(=C(/C)CC(C(=O)OC)C(=O)OC)N1C(=O)c2ccccc2C1=O. The first-order chi connectivity index (χ1) is 13.3. The molecule has 0 atom stereocenters. The molecule has 9 nitrogen and oxygen atoms in total. The predicted octanol–water partition coefficient (Wildman–Crippen LogP) is 1.08. The number of esters is 3. The molecular formula is C19H19NO8. The molecule has 0 aliphatic carbocycles. The van der Waals surface area contributed by atoms with E-state index < -0.39 is 35.6 Å². The van der Waals surface area contributed by atoms with Crippen molar-refractivity contribution in [3.8, 4) is 0 Å². The molecule has 0 bridgehead atoms. The van der Waals surface area contributed by atoms with Crippen LogP contribution in [0.3, 0.4) is 0 Å². The Morgan fingerprint density at radius 2 is 1.36 bits per heavy atom. The quantitative estimate of drug-likeness (QED) is 0.233. The molecule has 0 radical (unpaired) electrons. The van der Waals surface area contributed by atoms with Gasteiger partial charge in [-0.2, -0.15) is 0 Å². The Morgan fingerprint density at radius 1 is 0.893 bits per heavy atom. The van der Waals surface area contributed by atoms with E-state index in [1.54, 1.807) is 12.1 Å². The summed E-state index contributed by atoms with van der Waals surface area (Å²) in [5.41, 5.74) is 0.0343. The Bertz CT molecular complexity index is 835. The minimum atomic E-state index is -1.37. The lowest BCUT2D eigenvalue weighted by atomic mass is 9.98. The van der Waals surface area contributed by atoms with Crippen LogP contribution in [0, 0.1) is 5.92 Å². The van der Waals surface area contributed by atoms with E-state index >= 15 is 0 Å². The van der Waals surface area contributed by atoms with Crippen LogP contribution < -0.4 is 0 Å². The van der Waals surface area contributed by atoms with Crippen LogP contribution >= 0.6 is 0 Å². The van der Waals surface area contributed by atoms with Gasteiger partial charge in [-0.15, -0.1) is 0 Å². The third-order valence-corrected chi connectivity index (χ3v) is 4.28. The van der Waals surface area contributed by atoms with Crippen molar-refractivity contribution in [3.05, 3.63) is 46.7 Å². The zero-order chi connectivity index (χ0) is 21.0. The Balaban J connectivity index is 2.53. The molecule has 1 aromatic rings. The highest BCUT2D eigenvalue weighted by Crippen LogP contribution is 2.30. The Labute approximate surface area is 160 Å². The van der Waals surface area contributed by atoms with Crippen LogP contribution in [-0.4, -0.2) is 56.0 Å². The van der Waals surface area contributed by atoms with E-state index in [4.69, 9.17) is 4.74 Å². The number of carbonyl (C=O) groups excluding carboxylic acids is 5. The van der Waals surface area contributed by atoms with Crippen LogP contribution in [-0.2, 0) is 28.6 Å². The zero-order valence-corrected chi connectivity index (χ0v) is 15.8. The van der Waals surface area contributed by atoms with Gasteiger partial charge >= 0.3 is 17.9 Å². The maximum atomic E-state index is 12.7. The second kappa shape index (κ2) is 8.47. The summed E-state index contributed by atoms with van der Waals surface area (Å²) in [7, 11) is 3.29. The second-order valence-corrected chi connectivity index (χ2v) is 5.91. The van der Waals surface area contributed by atoms with Crippen molar-refractivity contribution in [2.75, 3.05) is 21.3 Å². The minimum absolute atomic E-state index is 0.113. The number of fused-ring (bicyclic) bond motifs is 1. The zero-order valence-electron chi connectivity index (χ0n) is 15.8. The number of hydrogen-bond donors (Lipinski definition) is 0. The second-order valence-electron chi connectivity index (χ2n) is 5.91. The lowest BCUT2D eigenvalue weighted by Gasteiger charge is -2.20. The van der Waals surface area contributed by atoms with E-state index in [1.165, 1.54) is 19.1 Å². The molecule has 1 aromatic carbocycles. The van der Waals surface area contributed by atoms with Gasteiger partial charge in [0.05, 0.1) is 32.5 Å². The van der Waals surface area contributed by atoms with Crippen molar-refractivity contribution >= 4 is 29.7 Å². The van der Waals surface area contributed by atoms with Gasteiger partial charge in [0.25, 0.3) is 11.8 Å².